The lowest BCUT2D eigenvalue weighted by Gasteiger charge is -2.47. The molecule has 1 amide bonds. The van der Waals surface area contributed by atoms with Gasteiger partial charge < -0.3 is 14.6 Å². The summed E-state index contributed by atoms with van der Waals surface area (Å²) in [6.45, 7) is 3.92. The van der Waals surface area contributed by atoms with Gasteiger partial charge in [0.25, 0.3) is 5.91 Å². The van der Waals surface area contributed by atoms with E-state index in [4.69, 9.17) is 4.42 Å². The van der Waals surface area contributed by atoms with Crippen LogP contribution >= 0.6 is 0 Å². The van der Waals surface area contributed by atoms with Crippen LogP contribution in [-0.2, 0) is 0 Å². The summed E-state index contributed by atoms with van der Waals surface area (Å²) in [5.41, 5.74) is 2.02. The summed E-state index contributed by atoms with van der Waals surface area (Å²) in [4.78, 5) is 18.0. The van der Waals surface area contributed by atoms with Crippen LogP contribution in [0.4, 0.5) is 5.69 Å². The van der Waals surface area contributed by atoms with E-state index in [1.165, 1.54) is 6.42 Å². The first-order valence-electron chi connectivity index (χ1n) is 13.0. The van der Waals surface area contributed by atoms with Gasteiger partial charge in [-0.15, -0.1) is 0 Å². The zero-order valence-corrected chi connectivity index (χ0v) is 20.5. The van der Waals surface area contributed by atoms with Gasteiger partial charge in [0.15, 0.2) is 5.76 Å². The van der Waals surface area contributed by atoms with Crippen molar-refractivity contribution in [2.75, 3.05) is 31.2 Å². The highest BCUT2D eigenvalue weighted by Crippen LogP contribution is 2.46. The average molecular weight is 469 g/mol. The molecule has 2 aromatic rings. The topological polar surface area (TPSA) is 77.2 Å². The number of anilines is 1. The predicted octanol–water partition coefficient (Wildman–Crippen LogP) is 4.99. The number of aryl methyl sites for hydroxylation is 1. The number of aliphatic hydroxyl groups excluding tert-OH is 2. The van der Waals surface area contributed by atoms with Crippen molar-refractivity contribution in [1.82, 2.24) is 4.90 Å². The third-order valence-corrected chi connectivity index (χ3v) is 8.19. The molecule has 6 heteroatoms. The largest absolute Gasteiger partial charge is 0.459 e. The lowest BCUT2D eigenvalue weighted by molar-refractivity contribution is -0.00676. The molecule has 1 aliphatic heterocycles. The molecule has 4 rings (SSSR count). The van der Waals surface area contributed by atoms with Crippen LogP contribution in [0.2, 0.25) is 0 Å². The van der Waals surface area contributed by atoms with E-state index in [2.05, 4.69) is 24.0 Å². The maximum absolute atomic E-state index is 13.6. The van der Waals surface area contributed by atoms with Gasteiger partial charge in [-0.05, 0) is 75.1 Å². The molecule has 2 N–H and O–H groups in total. The van der Waals surface area contributed by atoms with Crippen molar-refractivity contribution in [2.45, 2.75) is 70.9 Å². The van der Waals surface area contributed by atoms with Gasteiger partial charge in [0.1, 0.15) is 0 Å². The smallest absolute Gasteiger partial charge is 0.295 e. The van der Waals surface area contributed by atoms with Crippen LogP contribution in [0.1, 0.15) is 73.9 Å². The van der Waals surface area contributed by atoms with E-state index >= 15 is 0 Å². The summed E-state index contributed by atoms with van der Waals surface area (Å²) >= 11 is 0. The minimum Gasteiger partial charge on any atom is -0.459 e. The third-order valence-electron chi connectivity index (χ3n) is 8.19. The van der Waals surface area contributed by atoms with Gasteiger partial charge in [-0.25, -0.2) is 0 Å². The summed E-state index contributed by atoms with van der Waals surface area (Å²) in [6, 6.07) is 11.7. The molecule has 34 heavy (non-hydrogen) atoms. The van der Waals surface area contributed by atoms with Gasteiger partial charge >= 0.3 is 0 Å². The van der Waals surface area contributed by atoms with Gasteiger partial charge in [0, 0.05) is 37.9 Å². The number of amides is 1. The van der Waals surface area contributed by atoms with Gasteiger partial charge in [0.05, 0.1) is 12.4 Å². The van der Waals surface area contributed by atoms with Gasteiger partial charge in [-0.2, -0.15) is 0 Å². The van der Waals surface area contributed by atoms with Crippen molar-refractivity contribution in [3.05, 3.63) is 54.0 Å². The maximum Gasteiger partial charge on any atom is 0.295 e. The van der Waals surface area contributed by atoms with Crippen molar-refractivity contribution in [3.8, 4) is 0 Å². The molecular formula is C28H40N2O4. The predicted molar refractivity (Wildman–Crippen MR) is 134 cm³/mol. The molecule has 0 radical (unpaired) electrons. The molecular weight excluding hydrogens is 428 g/mol. The normalized spacial score (nSPS) is 21.0. The molecule has 0 bridgehead atoms. The highest BCUT2D eigenvalue weighted by Gasteiger charge is 2.41. The number of piperidine rings is 1. The number of carbonyl (C=O) groups is 1. The number of aliphatic hydroxyl groups is 2. The molecule has 2 aliphatic rings. The Hall–Kier alpha value is -2.15. The molecule has 6 nitrogen and oxygen atoms in total. The quantitative estimate of drug-likeness (QED) is 0.542. The van der Waals surface area contributed by atoms with Crippen LogP contribution < -0.4 is 4.90 Å². The van der Waals surface area contributed by atoms with Crippen molar-refractivity contribution in [1.29, 1.82) is 0 Å². The molecule has 0 spiro atoms. The molecule has 2 heterocycles. The molecule has 1 aromatic carbocycles. The fourth-order valence-corrected chi connectivity index (χ4v) is 6.11. The number of likely N-dealkylation sites (tertiary alicyclic amines) is 1. The first kappa shape index (κ1) is 25.0. The van der Waals surface area contributed by atoms with Crippen LogP contribution in [0.25, 0.3) is 0 Å². The van der Waals surface area contributed by atoms with E-state index in [0.717, 1.165) is 75.7 Å². The van der Waals surface area contributed by atoms with Crippen LogP contribution in [0.15, 0.2) is 47.1 Å². The van der Waals surface area contributed by atoms with Crippen molar-refractivity contribution < 1.29 is 19.4 Å². The molecule has 186 valence electrons. The summed E-state index contributed by atoms with van der Waals surface area (Å²) < 4.78 is 5.51. The second-order valence-electron chi connectivity index (χ2n) is 10.2. The fraction of sp³-hybridized carbons (Fsp3) is 0.607. The van der Waals surface area contributed by atoms with Gasteiger partial charge in [0.2, 0.25) is 0 Å². The second-order valence-corrected chi connectivity index (χ2v) is 10.2. The average Bonchev–Trinajstić information content (AvgIpc) is 3.41. The van der Waals surface area contributed by atoms with Crippen LogP contribution in [0, 0.1) is 18.3 Å². The SMILES string of the molecule is Cc1ccc(N(C(=O)c2ccco2)C2CCCCN2CCC2(C(CO)CO)CCCCC2)cc1. The first-order chi connectivity index (χ1) is 16.6. The van der Waals surface area contributed by atoms with Crippen molar-refractivity contribution in [2.24, 2.45) is 11.3 Å². The van der Waals surface area contributed by atoms with Crippen LogP contribution in [0.3, 0.4) is 0 Å². The Morgan fingerprint density at radius 3 is 2.47 bits per heavy atom. The molecule has 1 saturated heterocycles. The monoisotopic (exact) mass is 468 g/mol. The Morgan fingerprint density at radius 1 is 1.09 bits per heavy atom. The van der Waals surface area contributed by atoms with E-state index < -0.39 is 0 Å². The van der Waals surface area contributed by atoms with Crippen molar-refractivity contribution >= 4 is 11.6 Å². The Morgan fingerprint density at radius 2 is 1.82 bits per heavy atom. The number of hydrogen-bond acceptors (Lipinski definition) is 5. The van der Waals surface area contributed by atoms with Crippen LogP contribution in [0.5, 0.6) is 0 Å². The van der Waals surface area contributed by atoms with E-state index in [1.54, 1.807) is 18.4 Å². The Bertz CT molecular complexity index is 886. The van der Waals surface area contributed by atoms with E-state index in [9.17, 15) is 15.0 Å². The van der Waals surface area contributed by atoms with Crippen molar-refractivity contribution in [3.63, 3.8) is 0 Å². The molecule has 1 saturated carbocycles. The van der Waals surface area contributed by atoms with Gasteiger partial charge in [-0.3, -0.25) is 14.6 Å². The zero-order valence-electron chi connectivity index (χ0n) is 20.5. The first-order valence-corrected chi connectivity index (χ1v) is 13.0. The molecule has 2 fully saturated rings. The zero-order chi connectivity index (χ0) is 24.0. The number of nitrogens with zero attached hydrogens (tertiary/aromatic N) is 2. The lowest BCUT2D eigenvalue weighted by Crippen LogP contribution is -2.54. The number of rotatable bonds is 9. The standard InChI is InChI=1S/C28H40N2O4/c1-22-10-12-24(13-11-22)30(27(33)25-8-7-19-34-25)26-9-3-6-17-29(26)18-16-28(23(20-31)21-32)14-4-2-5-15-28/h7-8,10-13,19,23,26,31-32H,2-6,9,14-18,20-21H2,1H3. The van der Waals surface area contributed by atoms with E-state index in [1.807, 2.05) is 17.0 Å². The maximum atomic E-state index is 13.6. The summed E-state index contributed by atoms with van der Waals surface area (Å²) in [5.74, 6) is 0.172. The van der Waals surface area contributed by atoms with Gasteiger partial charge in [-0.1, -0.05) is 37.0 Å². The molecule has 1 unspecified atom stereocenters. The lowest BCUT2D eigenvalue weighted by atomic mass is 9.64. The number of benzene rings is 1. The highest BCUT2D eigenvalue weighted by molar-refractivity contribution is 6.04. The fourth-order valence-electron chi connectivity index (χ4n) is 6.11. The summed E-state index contributed by atoms with van der Waals surface area (Å²) in [7, 11) is 0. The second kappa shape index (κ2) is 11.5. The number of carbonyl (C=O) groups excluding carboxylic acids is 1. The highest BCUT2D eigenvalue weighted by atomic mass is 16.3. The molecule has 1 atom stereocenters. The molecule has 1 aromatic heterocycles. The van der Waals surface area contributed by atoms with E-state index in [0.29, 0.717) is 5.76 Å². The number of hydrogen-bond donors (Lipinski definition) is 2. The summed E-state index contributed by atoms with van der Waals surface area (Å²) in [5, 5.41) is 20.1. The third kappa shape index (κ3) is 5.40. The Labute approximate surface area is 203 Å². The van der Waals surface area contributed by atoms with Crippen LogP contribution in [-0.4, -0.2) is 53.5 Å². The Balaban J connectivity index is 1.60. The van der Waals surface area contributed by atoms with E-state index in [-0.39, 0.29) is 36.6 Å². The molecule has 1 aliphatic carbocycles. The minimum absolute atomic E-state index is 0.0243. The number of furan rings is 1. The summed E-state index contributed by atoms with van der Waals surface area (Å²) in [6.07, 6.45) is 11.2. The minimum atomic E-state index is -0.110. The Kier molecular flexibility index (Phi) is 8.46.